The highest BCUT2D eigenvalue weighted by atomic mass is 16.6. The van der Waals surface area contributed by atoms with Crippen LogP contribution in [0.4, 0.5) is 5.69 Å². The normalized spacial score (nSPS) is 14.5. The Balaban J connectivity index is 1.86. The smallest absolute Gasteiger partial charge is 0.270 e. The van der Waals surface area contributed by atoms with Crippen LogP contribution in [-0.4, -0.2) is 58.8 Å². The fourth-order valence-corrected chi connectivity index (χ4v) is 3.88. The van der Waals surface area contributed by atoms with Crippen molar-refractivity contribution in [1.82, 2.24) is 14.8 Å². The molecule has 0 radical (unpaired) electrons. The summed E-state index contributed by atoms with van der Waals surface area (Å²) in [6, 6.07) is 18.0. The van der Waals surface area contributed by atoms with Crippen LogP contribution in [0, 0.1) is 17.0 Å². The number of hydrogen-bond acceptors (Lipinski definition) is 5. The predicted octanol–water partition coefficient (Wildman–Crippen LogP) is 4.02. The standard InChI is InChI=1S/C24H24N4O3/c1-17-23(24(29)27-13-11-26(2)12-14-27)21(19-9-6-10-20(15-19)28(30)31)16-22(25-17)18-7-4-3-5-8-18/h3-10,15-16H,11-14H2,1-2H3. The first kappa shape index (κ1) is 20.7. The number of amides is 1. The van der Waals surface area contributed by atoms with Gasteiger partial charge in [-0.1, -0.05) is 42.5 Å². The molecule has 0 spiro atoms. The Morgan fingerprint density at radius 3 is 2.32 bits per heavy atom. The number of nitro groups is 1. The Bertz CT molecular complexity index is 1120. The number of likely N-dealkylation sites (N-methyl/N-ethyl adjacent to an activating group) is 1. The average Bonchev–Trinajstić information content (AvgIpc) is 2.79. The first-order valence-corrected chi connectivity index (χ1v) is 10.2. The second-order valence-corrected chi connectivity index (χ2v) is 7.78. The molecule has 1 aromatic heterocycles. The van der Waals surface area contributed by atoms with Crippen LogP contribution in [0.2, 0.25) is 0 Å². The van der Waals surface area contributed by atoms with E-state index < -0.39 is 4.92 Å². The number of rotatable bonds is 4. The third-order valence-corrected chi connectivity index (χ3v) is 5.64. The molecule has 0 unspecified atom stereocenters. The van der Waals surface area contributed by atoms with E-state index in [0.29, 0.717) is 35.5 Å². The minimum Gasteiger partial charge on any atom is -0.336 e. The van der Waals surface area contributed by atoms with Gasteiger partial charge in [-0.25, -0.2) is 0 Å². The quantitative estimate of drug-likeness (QED) is 0.474. The number of nitro benzene ring substituents is 1. The number of benzene rings is 2. The van der Waals surface area contributed by atoms with Crippen molar-refractivity contribution in [3.05, 3.63) is 82.0 Å². The third-order valence-electron chi connectivity index (χ3n) is 5.64. The molecule has 1 saturated heterocycles. The van der Waals surface area contributed by atoms with Crippen molar-refractivity contribution < 1.29 is 9.72 Å². The highest BCUT2D eigenvalue weighted by Crippen LogP contribution is 2.33. The number of carbonyl (C=O) groups is 1. The number of carbonyl (C=O) groups excluding carboxylic acids is 1. The van der Waals surface area contributed by atoms with Crippen molar-refractivity contribution in [2.24, 2.45) is 0 Å². The molecule has 31 heavy (non-hydrogen) atoms. The molecule has 3 aromatic rings. The number of non-ortho nitro benzene ring substituents is 1. The molecular formula is C24H24N4O3. The highest BCUT2D eigenvalue weighted by molar-refractivity contribution is 6.02. The van der Waals surface area contributed by atoms with Gasteiger partial charge < -0.3 is 9.80 Å². The topological polar surface area (TPSA) is 79.6 Å². The molecular weight excluding hydrogens is 392 g/mol. The zero-order chi connectivity index (χ0) is 22.0. The van der Waals surface area contributed by atoms with Gasteiger partial charge in [0.15, 0.2) is 0 Å². The van der Waals surface area contributed by atoms with Gasteiger partial charge in [0.25, 0.3) is 11.6 Å². The molecule has 7 nitrogen and oxygen atoms in total. The summed E-state index contributed by atoms with van der Waals surface area (Å²) in [6.45, 7) is 4.74. The number of aryl methyl sites for hydroxylation is 1. The summed E-state index contributed by atoms with van der Waals surface area (Å²) in [5, 5.41) is 11.4. The number of pyridine rings is 1. The minimum absolute atomic E-state index is 0.00813. The Labute approximate surface area is 181 Å². The largest absolute Gasteiger partial charge is 0.336 e. The van der Waals surface area contributed by atoms with Crippen LogP contribution in [0.15, 0.2) is 60.7 Å². The van der Waals surface area contributed by atoms with Gasteiger partial charge in [-0.15, -0.1) is 0 Å². The maximum absolute atomic E-state index is 13.5. The van der Waals surface area contributed by atoms with E-state index >= 15 is 0 Å². The van der Waals surface area contributed by atoms with Crippen molar-refractivity contribution in [2.45, 2.75) is 6.92 Å². The summed E-state index contributed by atoms with van der Waals surface area (Å²) in [5.41, 5.74) is 4.07. The van der Waals surface area contributed by atoms with Crippen molar-refractivity contribution in [1.29, 1.82) is 0 Å². The first-order chi connectivity index (χ1) is 14.9. The predicted molar refractivity (Wildman–Crippen MR) is 120 cm³/mol. The van der Waals surface area contributed by atoms with E-state index in [2.05, 4.69) is 4.90 Å². The maximum atomic E-state index is 13.5. The van der Waals surface area contributed by atoms with E-state index in [1.54, 1.807) is 12.1 Å². The summed E-state index contributed by atoms with van der Waals surface area (Å²) in [5.74, 6) is -0.0841. The van der Waals surface area contributed by atoms with Crippen molar-refractivity contribution in [3.8, 4) is 22.4 Å². The highest BCUT2D eigenvalue weighted by Gasteiger charge is 2.26. The van der Waals surface area contributed by atoms with Gasteiger partial charge in [0, 0.05) is 43.9 Å². The zero-order valence-electron chi connectivity index (χ0n) is 17.6. The molecule has 7 heteroatoms. The number of hydrogen-bond donors (Lipinski definition) is 0. The summed E-state index contributed by atoms with van der Waals surface area (Å²) in [7, 11) is 2.04. The molecule has 158 valence electrons. The fourth-order valence-electron chi connectivity index (χ4n) is 3.88. The first-order valence-electron chi connectivity index (χ1n) is 10.2. The minimum atomic E-state index is -0.419. The molecule has 0 N–H and O–H groups in total. The maximum Gasteiger partial charge on any atom is 0.270 e. The second kappa shape index (κ2) is 8.65. The number of piperazine rings is 1. The van der Waals surface area contributed by atoms with E-state index in [1.807, 2.05) is 55.3 Å². The summed E-state index contributed by atoms with van der Waals surface area (Å²) in [6.07, 6.45) is 0. The molecule has 2 heterocycles. The van der Waals surface area contributed by atoms with Crippen LogP contribution in [0.25, 0.3) is 22.4 Å². The molecule has 1 aliphatic rings. The Morgan fingerprint density at radius 1 is 0.968 bits per heavy atom. The summed E-state index contributed by atoms with van der Waals surface area (Å²) < 4.78 is 0. The Morgan fingerprint density at radius 2 is 1.65 bits per heavy atom. The van der Waals surface area contributed by atoms with E-state index in [-0.39, 0.29) is 11.6 Å². The van der Waals surface area contributed by atoms with E-state index in [1.165, 1.54) is 12.1 Å². The summed E-state index contributed by atoms with van der Waals surface area (Å²) in [4.78, 5) is 33.2. The molecule has 0 aliphatic carbocycles. The number of aromatic nitrogens is 1. The lowest BCUT2D eigenvalue weighted by Gasteiger charge is -2.33. The van der Waals surface area contributed by atoms with Crippen LogP contribution in [0.3, 0.4) is 0 Å². The van der Waals surface area contributed by atoms with Crippen LogP contribution in [0.5, 0.6) is 0 Å². The van der Waals surface area contributed by atoms with Gasteiger partial charge in [-0.3, -0.25) is 19.9 Å². The molecule has 0 atom stereocenters. The molecule has 1 fully saturated rings. The van der Waals surface area contributed by atoms with Gasteiger partial charge in [0.05, 0.1) is 21.9 Å². The van der Waals surface area contributed by atoms with E-state index in [9.17, 15) is 14.9 Å². The van der Waals surface area contributed by atoms with Crippen molar-refractivity contribution >= 4 is 11.6 Å². The average molecular weight is 416 g/mol. The Kier molecular flexibility index (Phi) is 5.77. The lowest BCUT2D eigenvalue weighted by molar-refractivity contribution is -0.384. The summed E-state index contributed by atoms with van der Waals surface area (Å²) >= 11 is 0. The molecule has 0 saturated carbocycles. The van der Waals surface area contributed by atoms with Gasteiger partial charge in [-0.05, 0) is 31.2 Å². The molecule has 1 aliphatic heterocycles. The van der Waals surface area contributed by atoms with E-state index in [0.717, 1.165) is 24.3 Å². The number of nitrogens with zero attached hydrogens (tertiary/aromatic N) is 4. The van der Waals surface area contributed by atoms with E-state index in [4.69, 9.17) is 4.98 Å². The van der Waals surface area contributed by atoms with Crippen LogP contribution < -0.4 is 0 Å². The lowest BCUT2D eigenvalue weighted by Crippen LogP contribution is -2.47. The second-order valence-electron chi connectivity index (χ2n) is 7.78. The van der Waals surface area contributed by atoms with Gasteiger partial charge in [0.1, 0.15) is 0 Å². The molecule has 1 amide bonds. The monoisotopic (exact) mass is 416 g/mol. The molecule has 2 aromatic carbocycles. The Hall–Kier alpha value is -3.58. The molecule has 0 bridgehead atoms. The molecule has 4 rings (SSSR count). The van der Waals surface area contributed by atoms with Crippen LogP contribution in [0.1, 0.15) is 16.1 Å². The lowest BCUT2D eigenvalue weighted by atomic mass is 9.95. The van der Waals surface area contributed by atoms with Gasteiger partial charge in [-0.2, -0.15) is 0 Å². The SMILES string of the molecule is Cc1nc(-c2ccccc2)cc(-c2cccc([N+](=O)[O-])c2)c1C(=O)N1CCN(C)CC1. The van der Waals surface area contributed by atoms with Gasteiger partial charge in [0.2, 0.25) is 0 Å². The van der Waals surface area contributed by atoms with Crippen LogP contribution >= 0.6 is 0 Å². The van der Waals surface area contributed by atoms with Crippen LogP contribution in [-0.2, 0) is 0 Å². The van der Waals surface area contributed by atoms with Gasteiger partial charge >= 0.3 is 0 Å². The van der Waals surface area contributed by atoms with Crippen molar-refractivity contribution in [3.63, 3.8) is 0 Å². The van der Waals surface area contributed by atoms with Crippen molar-refractivity contribution in [2.75, 3.05) is 33.2 Å². The zero-order valence-corrected chi connectivity index (χ0v) is 17.6. The fraction of sp³-hybridized carbons (Fsp3) is 0.250. The third kappa shape index (κ3) is 4.32.